The van der Waals surface area contributed by atoms with E-state index >= 15 is 0 Å². The van der Waals surface area contributed by atoms with Crippen LogP contribution in [0.3, 0.4) is 0 Å². The van der Waals surface area contributed by atoms with Crippen LogP contribution in [0.25, 0.3) is 0 Å². The fourth-order valence-corrected chi connectivity index (χ4v) is 3.50. The smallest absolute Gasteiger partial charge is 0.307 e. The maximum absolute atomic E-state index is 12.9. The summed E-state index contributed by atoms with van der Waals surface area (Å²) < 4.78 is 0. The normalized spacial score (nSPS) is 31.4. The van der Waals surface area contributed by atoms with Crippen molar-refractivity contribution >= 4 is 11.9 Å². The highest BCUT2D eigenvalue weighted by atomic mass is 16.4. The van der Waals surface area contributed by atoms with E-state index < -0.39 is 17.8 Å². The van der Waals surface area contributed by atoms with Gasteiger partial charge in [-0.2, -0.15) is 0 Å². The number of carboxylic acids is 1. The number of carbonyl (C=O) groups is 2. The average Bonchev–Trinajstić information content (AvgIpc) is 2.93. The zero-order chi connectivity index (χ0) is 15.1. The summed E-state index contributed by atoms with van der Waals surface area (Å²) in [5.74, 6) is -1.83. The Balaban J connectivity index is 2.29. The molecule has 0 aromatic rings. The van der Waals surface area contributed by atoms with Gasteiger partial charge in [0, 0.05) is 12.1 Å². The minimum atomic E-state index is -0.854. The van der Waals surface area contributed by atoms with E-state index in [0.717, 1.165) is 6.42 Å². The van der Waals surface area contributed by atoms with Crippen molar-refractivity contribution in [2.24, 2.45) is 23.7 Å². The van der Waals surface area contributed by atoms with Gasteiger partial charge in [-0.05, 0) is 39.0 Å². The zero-order valence-corrected chi connectivity index (χ0v) is 12.4. The van der Waals surface area contributed by atoms with E-state index in [1.807, 2.05) is 32.9 Å². The molecule has 4 nitrogen and oxygen atoms in total. The first kappa shape index (κ1) is 14.8. The number of rotatable bonds is 4. The molecule has 0 aliphatic heterocycles. The van der Waals surface area contributed by atoms with Crippen molar-refractivity contribution in [2.75, 3.05) is 6.54 Å². The van der Waals surface area contributed by atoms with Crippen LogP contribution in [0.5, 0.6) is 0 Å². The predicted octanol–water partition coefficient (Wildman–Crippen LogP) is 2.32. The van der Waals surface area contributed by atoms with Crippen molar-refractivity contribution in [1.82, 2.24) is 4.90 Å². The van der Waals surface area contributed by atoms with E-state index in [0.29, 0.717) is 6.54 Å². The standard InChI is InChI=1S/C16H23NO3/c1-5-8-17(16(2,3)4)14(18)12-10-6-7-11(9-10)13(12)15(19)20/h5-7,10-13H,1,8-9H2,2-4H3,(H,19,20)/t10?,11?,12-,13+/m0/s1. The first-order chi connectivity index (χ1) is 9.27. The summed E-state index contributed by atoms with van der Waals surface area (Å²) in [5, 5.41) is 9.44. The topological polar surface area (TPSA) is 57.6 Å². The molecule has 0 saturated heterocycles. The van der Waals surface area contributed by atoms with Crippen LogP contribution in [0.15, 0.2) is 24.8 Å². The van der Waals surface area contributed by atoms with Gasteiger partial charge in [-0.25, -0.2) is 0 Å². The Kier molecular flexibility index (Phi) is 3.76. The molecule has 4 heteroatoms. The van der Waals surface area contributed by atoms with Crippen molar-refractivity contribution in [3.8, 4) is 0 Å². The third-order valence-electron chi connectivity index (χ3n) is 4.42. The molecule has 20 heavy (non-hydrogen) atoms. The van der Waals surface area contributed by atoms with Gasteiger partial charge in [0.25, 0.3) is 0 Å². The van der Waals surface area contributed by atoms with Gasteiger partial charge in [-0.15, -0.1) is 6.58 Å². The molecule has 4 atom stereocenters. The Labute approximate surface area is 120 Å². The number of amides is 1. The second-order valence-corrected chi connectivity index (χ2v) is 6.75. The van der Waals surface area contributed by atoms with Crippen molar-refractivity contribution in [2.45, 2.75) is 32.7 Å². The Morgan fingerprint density at radius 1 is 1.30 bits per heavy atom. The summed E-state index contributed by atoms with van der Waals surface area (Å²) in [6, 6.07) is 0. The van der Waals surface area contributed by atoms with Crippen molar-refractivity contribution in [3.05, 3.63) is 24.8 Å². The van der Waals surface area contributed by atoms with E-state index in [2.05, 4.69) is 6.58 Å². The first-order valence-electron chi connectivity index (χ1n) is 7.11. The lowest BCUT2D eigenvalue weighted by Crippen LogP contribution is -2.51. The lowest BCUT2D eigenvalue weighted by atomic mass is 9.81. The Morgan fingerprint density at radius 2 is 1.85 bits per heavy atom. The first-order valence-corrected chi connectivity index (χ1v) is 7.11. The molecule has 0 aromatic heterocycles. The number of aliphatic carboxylic acids is 1. The minimum Gasteiger partial charge on any atom is -0.481 e. The van der Waals surface area contributed by atoms with Gasteiger partial charge in [0.05, 0.1) is 11.8 Å². The predicted molar refractivity (Wildman–Crippen MR) is 77.0 cm³/mol. The summed E-state index contributed by atoms with van der Waals surface area (Å²) in [5.41, 5.74) is -0.333. The molecule has 110 valence electrons. The molecule has 1 saturated carbocycles. The van der Waals surface area contributed by atoms with Crippen molar-refractivity contribution < 1.29 is 14.7 Å². The second kappa shape index (κ2) is 5.08. The molecule has 0 spiro atoms. The van der Waals surface area contributed by atoms with E-state index in [1.165, 1.54) is 0 Å². The van der Waals surface area contributed by atoms with Crippen LogP contribution >= 0.6 is 0 Å². The van der Waals surface area contributed by atoms with Crippen LogP contribution in [0, 0.1) is 23.7 Å². The number of carboxylic acid groups (broad SMARTS) is 1. The molecule has 1 amide bonds. The minimum absolute atomic E-state index is 0.0111. The summed E-state index contributed by atoms with van der Waals surface area (Å²) in [4.78, 5) is 26.1. The van der Waals surface area contributed by atoms with E-state index in [9.17, 15) is 14.7 Å². The SMILES string of the molecule is C=CCN(C(=O)[C@H]1C2C=CC(C2)[C@H]1C(=O)O)C(C)(C)C. The third-order valence-corrected chi connectivity index (χ3v) is 4.42. The molecule has 2 unspecified atom stereocenters. The molecule has 0 radical (unpaired) electrons. The number of hydrogen-bond donors (Lipinski definition) is 1. The van der Waals surface area contributed by atoms with E-state index in [1.54, 1.807) is 11.0 Å². The quantitative estimate of drug-likeness (QED) is 0.802. The summed E-state index contributed by atoms with van der Waals surface area (Å²) >= 11 is 0. The molecule has 2 bridgehead atoms. The molecule has 2 aliphatic carbocycles. The van der Waals surface area contributed by atoms with Crippen LogP contribution < -0.4 is 0 Å². The number of nitrogens with zero attached hydrogens (tertiary/aromatic N) is 1. The Morgan fingerprint density at radius 3 is 2.30 bits per heavy atom. The lowest BCUT2D eigenvalue weighted by Gasteiger charge is -2.39. The fourth-order valence-electron chi connectivity index (χ4n) is 3.50. The fraction of sp³-hybridized carbons (Fsp3) is 0.625. The molecular weight excluding hydrogens is 254 g/mol. The van der Waals surface area contributed by atoms with Gasteiger partial charge in [0.1, 0.15) is 0 Å². The largest absolute Gasteiger partial charge is 0.481 e. The Hall–Kier alpha value is -1.58. The van der Waals surface area contributed by atoms with Crippen molar-refractivity contribution in [1.29, 1.82) is 0 Å². The van der Waals surface area contributed by atoms with Gasteiger partial charge in [0.2, 0.25) is 5.91 Å². The van der Waals surface area contributed by atoms with Gasteiger partial charge in [0.15, 0.2) is 0 Å². The monoisotopic (exact) mass is 277 g/mol. The van der Waals surface area contributed by atoms with Crippen LogP contribution in [-0.4, -0.2) is 34.0 Å². The lowest BCUT2D eigenvalue weighted by molar-refractivity contribution is -0.152. The van der Waals surface area contributed by atoms with Gasteiger partial charge in [-0.3, -0.25) is 9.59 Å². The second-order valence-electron chi connectivity index (χ2n) is 6.75. The highest BCUT2D eigenvalue weighted by Crippen LogP contribution is 2.49. The number of allylic oxidation sites excluding steroid dienone is 2. The van der Waals surface area contributed by atoms with Gasteiger partial charge >= 0.3 is 5.97 Å². The number of fused-ring (bicyclic) bond motifs is 2. The van der Waals surface area contributed by atoms with Gasteiger partial charge < -0.3 is 10.0 Å². The Bertz CT molecular complexity index is 461. The van der Waals surface area contributed by atoms with E-state index in [4.69, 9.17) is 0 Å². The van der Waals surface area contributed by atoms with Gasteiger partial charge in [-0.1, -0.05) is 18.2 Å². The highest BCUT2D eigenvalue weighted by molar-refractivity contribution is 5.87. The maximum Gasteiger partial charge on any atom is 0.307 e. The average molecular weight is 277 g/mol. The number of carbonyl (C=O) groups excluding carboxylic acids is 1. The summed E-state index contributed by atoms with van der Waals surface area (Å²) in [6.07, 6.45) is 6.46. The third kappa shape index (κ3) is 2.39. The molecule has 0 aromatic carbocycles. The molecule has 2 aliphatic rings. The van der Waals surface area contributed by atoms with Crippen LogP contribution in [0.1, 0.15) is 27.2 Å². The van der Waals surface area contributed by atoms with Crippen LogP contribution in [0.4, 0.5) is 0 Å². The molecule has 1 N–H and O–H groups in total. The van der Waals surface area contributed by atoms with E-state index in [-0.39, 0.29) is 23.3 Å². The highest BCUT2D eigenvalue weighted by Gasteiger charge is 2.53. The summed E-state index contributed by atoms with van der Waals surface area (Å²) in [7, 11) is 0. The van der Waals surface area contributed by atoms with Crippen LogP contribution in [-0.2, 0) is 9.59 Å². The molecule has 2 rings (SSSR count). The summed E-state index contributed by atoms with van der Waals surface area (Å²) in [6.45, 7) is 10.0. The van der Waals surface area contributed by atoms with Crippen molar-refractivity contribution in [3.63, 3.8) is 0 Å². The number of hydrogen-bond acceptors (Lipinski definition) is 2. The maximum atomic E-state index is 12.9. The molecule has 1 fully saturated rings. The zero-order valence-electron chi connectivity index (χ0n) is 12.4. The molecule has 0 heterocycles. The molecular formula is C16H23NO3. The van der Waals surface area contributed by atoms with Crippen LogP contribution in [0.2, 0.25) is 0 Å².